The third-order valence-corrected chi connectivity index (χ3v) is 7.39. The fourth-order valence-electron chi connectivity index (χ4n) is 3.76. The molecular formula is C20H27N3O6S. The van der Waals surface area contributed by atoms with E-state index < -0.39 is 15.9 Å². The van der Waals surface area contributed by atoms with Crippen LogP contribution < -0.4 is 14.2 Å². The van der Waals surface area contributed by atoms with Crippen molar-refractivity contribution in [2.75, 3.05) is 34.4 Å². The summed E-state index contributed by atoms with van der Waals surface area (Å²) in [5.41, 5.74) is 0.799. The SMILES string of the molecule is COc1cc(C(=O)n2nc(C)c(S(=O)(=O)N3CCCCC3)c2C)cc(OC)c1OC. The van der Waals surface area contributed by atoms with Gasteiger partial charge in [-0.2, -0.15) is 14.1 Å². The molecule has 164 valence electrons. The molecule has 1 aromatic heterocycles. The topological polar surface area (TPSA) is 100.0 Å². The van der Waals surface area contributed by atoms with Gasteiger partial charge in [-0.25, -0.2) is 8.42 Å². The Bertz CT molecular complexity index is 1030. The molecule has 3 rings (SSSR count). The van der Waals surface area contributed by atoms with Crippen LogP contribution in [-0.4, -0.2) is 62.8 Å². The maximum absolute atomic E-state index is 13.2. The number of sulfonamides is 1. The van der Waals surface area contributed by atoms with Crippen molar-refractivity contribution >= 4 is 15.9 Å². The third kappa shape index (κ3) is 3.77. The molecule has 0 N–H and O–H groups in total. The lowest BCUT2D eigenvalue weighted by molar-refractivity contribution is 0.0941. The molecule has 0 atom stereocenters. The summed E-state index contributed by atoms with van der Waals surface area (Å²) >= 11 is 0. The first-order chi connectivity index (χ1) is 14.3. The number of rotatable bonds is 6. The highest BCUT2D eigenvalue weighted by Gasteiger charge is 2.33. The smallest absolute Gasteiger partial charge is 0.278 e. The molecule has 1 saturated heterocycles. The predicted octanol–water partition coefficient (Wildman–Crippen LogP) is 2.39. The predicted molar refractivity (Wildman–Crippen MR) is 110 cm³/mol. The molecule has 1 fully saturated rings. The average Bonchev–Trinajstić information content (AvgIpc) is 3.07. The third-order valence-electron chi connectivity index (χ3n) is 5.24. The van der Waals surface area contributed by atoms with E-state index in [2.05, 4.69) is 5.10 Å². The molecule has 0 aliphatic carbocycles. The molecule has 0 radical (unpaired) electrons. The zero-order chi connectivity index (χ0) is 22.1. The number of hydrogen-bond acceptors (Lipinski definition) is 7. The van der Waals surface area contributed by atoms with Crippen LogP contribution >= 0.6 is 0 Å². The van der Waals surface area contributed by atoms with E-state index in [0.717, 1.165) is 23.9 Å². The number of carbonyl (C=O) groups excluding carboxylic acids is 1. The molecule has 2 heterocycles. The van der Waals surface area contributed by atoms with E-state index in [-0.39, 0.29) is 16.2 Å². The molecule has 0 bridgehead atoms. The van der Waals surface area contributed by atoms with Crippen LogP contribution in [0, 0.1) is 13.8 Å². The molecule has 1 aliphatic rings. The lowest BCUT2D eigenvalue weighted by atomic mass is 10.1. The first-order valence-corrected chi connectivity index (χ1v) is 11.1. The highest BCUT2D eigenvalue weighted by Crippen LogP contribution is 2.38. The van der Waals surface area contributed by atoms with E-state index in [1.165, 1.54) is 37.8 Å². The standard InChI is InChI=1S/C20H27N3O6S/c1-13-19(30(25,26)22-9-7-6-8-10-22)14(2)23(21-13)20(24)15-11-16(27-3)18(29-5)17(12-15)28-4/h11-12H,6-10H2,1-5H3. The van der Waals surface area contributed by atoms with Crippen molar-refractivity contribution in [3.63, 3.8) is 0 Å². The Hall–Kier alpha value is -2.59. The van der Waals surface area contributed by atoms with E-state index >= 15 is 0 Å². The molecule has 30 heavy (non-hydrogen) atoms. The monoisotopic (exact) mass is 437 g/mol. The van der Waals surface area contributed by atoms with Crippen LogP contribution in [-0.2, 0) is 10.0 Å². The van der Waals surface area contributed by atoms with Crippen LogP contribution in [0.1, 0.15) is 41.0 Å². The Kier molecular flexibility index (Phi) is 6.37. The van der Waals surface area contributed by atoms with Gasteiger partial charge in [0.25, 0.3) is 5.91 Å². The summed E-state index contributed by atoms with van der Waals surface area (Å²) in [6.07, 6.45) is 2.68. The molecule has 9 nitrogen and oxygen atoms in total. The zero-order valence-electron chi connectivity index (χ0n) is 17.9. The summed E-state index contributed by atoms with van der Waals surface area (Å²) in [7, 11) is 0.660. The van der Waals surface area contributed by atoms with Gasteiger partial charge in [-0.3, -0.25) is 4.79 Å². The van der Waals surface area contributed by atoms with E-state index in [9.17, 15) is 13.2 Å². The van der Waals surface area contributed by atoms with Crippen molar-refractivity contribution in [2.24, 2.45) is 0 Å². The number of ether oxygens (including phenoxy) is 3. The molecule has 1 aromatic carbocycles. The second-order valence-electron chi connectivity index (χ2n) is 7.10. The normalized spacial score (nSPS) is 15.1. The first-order valence-electron chi connectivity index (χ1n) is 9.67. The van der Waals surface area contributed by atoms with Crippen molar-refractivity contribution in [1.82, 2.24) is 14.1 Å². The Morgan fingerprint density at radius 2 is 1.53 bits per heavy atom. The molecule has 0 amide bonds. The molecule has 0 spiro atoms. The number of piperidine rings is 1. The van der Waals surface area contributed by atoms with Crippen molar-refractivity contribution in [3.8, 4) is 17.2 Å². The lowest BCUT2D eigenvalue weighted by Crippen LogP contribution is -2.36. The van der Waals surface area contributed by atoms with Crippen LogP contribution in [0.25, 0.3) is 0 Å². The summed E-state index contributed by atoms with van der Waals surface area (Å²) in [6, 6.07) is 3.03. The maximum Gasteiger partial charge on any atom is 0.278 e. The number of aryl methyl sites for hydroxylation is 1. The zero-order valence-corrected chi connectivity index (χ0v) is 18.7. The van der Waals surface area contributed by atoms with Gasteiger partial charge in [0, 0.05) is 18.7 Å². The van der Waals surface area contributed by atoms with Gasteiger partial charge < -0.3 is 14.2 Å². The Labute approximate surface area is 176 Å². The van der Waals surface area contributed by atoms with Crippen LogP contribution in [0.15, 0.2) is 17.0 Å². The molecule has 10 heteroatoms. The summed E-state index contributed by atoms with van der Waals surface area (Å²) in [6.45, 7) is 4.15. The first kappa shape index (κ1) is 22.1. The van der Waals surface area contributed by atoms with E-state index in [1.807, 2.05) is 0 Å². The van der Waals surface area contributed by atoms with Crippen molar-refractivity contribution in [1.29, 1.82) is 0 Å². The fourth-order valence-corrected chi connectivity index (χ4v) is 5.63. The number of hydrogen-bond donors (Lipinski definition) is 0. The second-order valence-corrected chi connectivity index (χ2v) is 8.97. The average molecular weight is 438 g/mol. The largest absolute Gasteiger partial charge is 0.493 e. The number of carbonyl (C=O) groups is 1. The van der Waals surface area contributed by atoms with E-state index in [1.54, 1.807) is 13.8 Å². The van der Waals surface area contributed by atoms with E-state index in [4.69, 9.17) is 14.2 Å². The van der Waals surface area contributed by atoms with Gasteiger partial charge >= 0.3 is 0 Å². The summed E-state index contributed by atoms with van der Waals surface area (Å²) in [5.74, 6) is 0.513. The Morgan fingerprint density at radius 1 is 0.967 bits per heavy atom. The van der Waals surface area contributed by atoms with Crippen molar-refractivity contribution in [2.45, 2.75) is 38.0 Å². The lowest BCUT2D eigenvalue weighted by Gasteiger charge is -2.25. The summed E-state index contributed by atoms with van der Waals surface area (Å²) in [4.78, 5) is 13.3. The maximum atomic E-state index is 13.2. The van der Waals surface area contributed by atoms with Gasteiger partial charge in [-0.15, -0.1) is 0 Å². The van der Waals surface area contributed by atoms with Gasteiger partial charge in [-0.05, 0) is 38.8 Å². The number of benzene rings is 1. The fraction of sp³-hybridized carbons (Fsp3) is 0.500. The van der Waals surface area contributed by atoms with Crippen molar-refractivity contribution < 1.29 is 27.4 Å². The van der Waals surface area contributed by atoms with Gasteiger partial charge in [0.2, 0.25) is 15.8 Å². The molecule has 1 aliphatic heterocycles. The highest BCUT2D eigenvalue weighted by atomic mass is 32.2. The Morgan fingerprint density at radius 3 is 2.03 bits per heavy atom. The molecule has 0 unspecified atom stereocenters. The second kappa shape index (κ2) is 8.65. The number of nitrogens with zero attached hydrogens (tertiary/aromatic N) is 3. The molecule has 2 aromatic rings. The van der Waals surface area contributed by atoms with Gasteiger partial charge in [0.1, 0.15) is 4.90 Å². The summed E-state index contributed by atoms with van der Waals surface area (Å²) in [5, 5.41) is 4.25. The van der Waals surface area contributed by atoms with Crippen LogP contribution in [0.2, 0.25) is 0 Å². The molecular weight excluding hydrogens is 410 g/mol. The minimum atomic E-state index is -3.73. The minimum Gasteiger partial charge on any atom is -0.493 e. The van der Waals surface area contributed by atoms with Crippen LogP contribution in [0.4, 0.5) is 0 Å². The Balaban J connectivity index is 2.06. The van der Waals surface area contributed by atoms with E-state index in [0.29, 0.717) is 36.0 Å². The number of methoxy groups -OCH3 is 3. The van der Waals surface area contributed by atoms with Crippen molar-refractivity contribution in [3.05, 3.63) is 29.1 Å². The number of aromatic nitrogens is 2. The van der Waals surface area contributed by atoms with Crippen LogP contribution in [0.3, 0.4) is 0 Å². The van der Waals surface area contributed by atoms with Gasteiger partial charge in [0.15, 0.2) is 11.5 Å². The van der Waals surface area contributed by atoms with Crippen LogP contribution in [0.5, 0.6) is 17.2 Å². The highest BCUT2D eigenvalue weighted by molar-refractivity contribution is 7.89. The summed E-state index contributed by atoms with van der Waals surface area (Å²) < 4.78 is 44.9. The van der Waals surface area contributed by atoms with Gasteiger partial charge in [0.05, 0.1) is 32.7 Å². The van der Waals surface area contributed by atoms with Gasteiger partial charge in [-0.1, -0.05) is 6.42 Å². The molecule has 0 saturated carbocycles. The quantitative estimate of drug-likeness (QED) is 0.684. The minimum absolute atomic E-state index is 0.0881.